The van der Waals surface area contributed by atoms with E-state index in [0.29, 0.717) is 5.69 Å². The van der Waals surface area contributed by atoms with Gasteiger partial charge in [0.05, 0.1) is 5.69 Å². The van der Waals surface area contributed by atoms with Crippen molar-refractivity contribution in [1.82, 2.24) is 14.8 Å². The molecule has 2 heterocycles. The first-order valence-corrected chi connectivity index (χ1v) is 5.65. The number of benzene rings is 1. The first kappa shape index (κ1) is 11.2. The van der Waals surface area contributed by atoms with Gasteiger partial charge in [-0.2, -0.15) is 5.10 Å². The predicted molar refractivity (Wildman–Crippen MR) is 71.8 cm³/mol. The Kier molecular flexibility index (Phi) is 2.42. The number of hydrogen-bond acceptors (Lipinski definition) is 4. The van der Waals surface area contributed by atoms with E-state index in [4.69, 9.17) is 11.5 Å². The minimum atomic E-state index is -0.555. The van der Waals surface area contributed by atoms with E-state index in [9.17, 15) is 4.79 Å². The van der Waals surface area contributed by atoms with Crippen LogP contribution in [0.2, 0.25) is 0 Å². The summed E-state index contributed by atoms with van der Waals surface area (Å²) in [5, 5.41) is 5.90. The van der Waals surface area contributed by atoms with Gasteiger partial charge < -0.3 is 11.5 Å². The Hall–Kier alpha value is -2.89. The van der Waals surface area contributed by atoms with Crippen LogP contribution in [0.25, 0.3) is 16.5 Å². The van der Waals surface area contributed by atoms with Gasteiger partial charge in [0, 0.05) is 35.1 Å². The minimum Gasteiger partial charge on any atom is -0.398 e. The highest BCUT2D eigenvalue weighted by Crippen LogP contribution is 2.26. The van der Waals surface area contributed by atoms with Crippen molar-refractivity contribution in [3.63, 3.8) is 0 Å². The van der Waals surface area contributed by atoms with Crippen LogP contribution in [0.15, 0.2) is 42.9 Å². The molecule has 0 radical (unpaired) electrons. The Bertz CT molecular complexity index is 778. The van der Waals surface area contributed by atoms with Gasteiger partial charge in [-0.1, -0.05) is 0 Å². The van der Waals surface area contributed by atoms with Gasteiger partial charge in [-0.05, 0) is 24.3 Å². The highest BCUT2D eigenvalue weighted by molar-refractivity contribution is 5.97. The minimum absolute atomic E-state index is 0.221. The molecule has 0 fully saturated rings. The molecule has 0 aliphatic carbocycles. The topological polar surface area (TPSA) is 99.8 Å². The summed E-state index contributed by atoms with van der Waals surface area (Å²) in [7, 11) is 0. The van der Waals surface area contributed by atoms with Crippen LogP contribution in [0.4, 0.5) is 5.69 Å². The molecule has 0 saturated heterocycles. The molecule has 6 heteroatoms. The van der Waals surface area contributed by atoms with Crippen molar-refractivity contribution in [1.29, 1.82) is 0 Å². The Morgan fingerprint density at radius 1 is 1.16 bits per heavy atom. The number of nitrogens with two attached hydrogens (primary N) is 2. The molecule has 0 aliphatic heterocycles. The molecule has 2 aromatic heterocycles. The van der Waals surface area contributed by atoms with Gasteiger partial charge in [-0.15, -0.1) is 0 Å². The summed E-state index contributed by atoms with van der Waals surface area (Å²) >= 11 is 0. The number of nitrogens with zero attached hydrogens (tertiary/aromatic N) is 3. The molecule has 0 bridgehead atoms. The number of amides is 1. The largest absolute Gasteiger partial charge is 0.398 e. The number of primary amides is 1. The van der Waals surface area contributed by atoms with Crippen LogP contribution < -0.4 is 11.5 Å². The quantitative estimate of drug-likeness (QED) is 0.668. The fourth-order valence-corrected chi connectivity index (χ4v) is 1.99. The van der Waals surface area contributed by atoms with Crippen molar-refractivity contribution >= 4 is 22.4 Å². The zero-order chi connectivity index (χ0) is 13.4. The van der Waals surface area contributed by atoms with E-state index in [1.807, 2.05) is 12.1 Å². The van der Waals surface area contributed by atoms with Crippen LogP contribution in [0.5, 0.6) is 0 Å². The molecular weight excluding hydrogens is 242 g/mol. The molecular formula is C13H11N5O. The molecule has 0 unspecified atom stereocenters. The molecule has 1 amide bonds. The molecule has 0 saturated carbocycles. The van der Waals surface area contributed by atoms with Crippen molar-refractivity contribution < 1.29 is 4.79 Å². The Labute approximate surface area is 108 Å². The fourth-order valence-electron chi connectivity index (χ4n) is 1.99. The summed E-state index contributed by atoms with van der Waals surface area (Å²) in [6, 6.07) is 7.05. The van der Waals surface area contributed by atoms with Crippen molar-refractivity contribution in [3.8, 4) is 5.69 Å². The summed E-state index contributed by atoms with van der Waals surface area (Å²) in [6.07, 6.45) is 5.07. The van der Waals surface area contributed by atoms with E-state index in [0.717, 1.165) is 16.5 Å². The normalized spacial score (nSPS) is 10.7. The molecule has 0 atom stereocenters. The van der Waals surface area contributed by atoms with Crippen molar-refractivity contribution in [2.24, 2.45) is 5.73 Å². The Balaban J connectivity index is 2.24. The number of rotatable bonds is 2. The van der Waals surface area contributed by atoms with Gasteiger partial charge in [-0.25, -0.2) is 4.68 Å². The number of fused-ring (bicyclic) bond motifs is 1. The van der Waals surface area contributed by atoms with Crippen LogP contribution in [0, 0.1) is 0 Å². The van der Waals surface area contributed by atoms with Crippen LogP contribution in [0.3, 0.4) is 0 Å². The molecule has 0 aliphatic rings. The highest BCUT2D eigenvalue weighted by Gasteiger charge is 2.09. The third kappa shape index (κ3) is 1.79. The number of nitrogen functional groups attached to an aromatic ring is 1. The lowest BCUT2D eigenvalue weighted by molar-refractivity contribution is 0.0995. The lowest BCUT2D eigenvalue weighted by Crippen LogP contribution is -2.12. The molecule has 1 aromatic carbocycles. The third-order valence-electron chi connectivity index (χ3n) is 2.92. The Morgan fingerprint density at radius 3 is 2.74 bits per heavy atom. The SMILES string of the molecule is NC(=O)c1ccn(-c2ccc(N)c3cnccc23)n1. The highest BCUT2D eigenvalue weighted by atomic mass is 16.1. The molecule has 3 aromatic rings. The molecule has 0 spiro atoms. The van der Waals surface area contributed by atoms with Gasteiger partial charge in [0.15, 0.2) is 0 Å². The monoisotopic (exact) mass is 253 g/mol. The van der Waals surface area contributed by atoms with E-state index < -0.39 is 5.91 Å². The maximum Gasteiger partial charge on any atom is 0.269 e. The smallest absolute Gasteiger partial charge is 0.269 e. The predicted octanol–water partition coefficient (Wildman–Crippen LogP) is 1.10. The summed E-state index contributed by atoms with van der Waals surface area (Å²) in [5.41, 5.74) is 12.8. The molecule has 4 N–H and O–H groups in total. The zero-order valence-electron chi connectivity index (χ0n) is 9.95. The lowest BCUT2D eigenvalue weighted by Gasteiger charge is -2.08. The van der Waals surface area contributed by atoms with Gasteiger partial charge in [-0.3, -0.25) is 9.78 Å². The number of pyridine rings is 1. The second-order valence-electron chi connectivity index (χ2n) is 4.10. The van der Waals surface area contributed by atoms with E-state index in [-0.39, 0.29) is 5.69 Å². The maximum absolute atomic E-state index is 11.1. The number of carbonyl (C=O) groups excluding carboxylic acids is 1. The van der Waals surface area contributed by atoms with Crippen LogP contribution in [-0.2, 0) is 0 Å². The lowest BCUT2D eigenvalue weighted by atomic mass is 10.1. The van der Waals surface area contributed by atoms with Gasteiger partial charge in [0.25, 0.3) is 5.91 Å². The van der Waals surface area contributed by atoms with Crippen LogP contribution >= 0.6 is 0 Å². The Morgan fingerprint density at radius 2 is 2.00 bits per heavy atom. The molecule has 19 heavy (non-hydrogen) atoms. The number of hydrogen-bond donors (Lipinski definition) is 2. The summed E-state index contributed by atoms with van der Waals surface area (Å²) in [6.45, 7) is 0. The number of aromatic nitrogens is 3. The molecule has 6 nitrogen and oxygen atoms in total. The first-order valence-electron chi connectivity index (χ1n) is 5.65. The van der Waals surface area contributed by atoms with Crippen LogP contribution in [0.1, 0.15) is 10.5 Å². The van der Waals surface area contributed by atoms with E-state index >= 15 is 0 Å². The maximum atomic E-state index is 11.1. The molecule has 3 rings (SSSR count). The van der Waals surface area contributed by atoms with Crippen molar-refractivity contribution in [2.75, 3.05) is 5.73 Å². The van der Waals surface area contributed by atoms with Gasteiger partial charge in [0.2, 0.25) is 0 Å². The van der Waals surface area contributed by atoms with Crippen molar-refractivity contribution in [2.45, 2.75) is 0 Å². The average molecular weight is 253 g/mol. The third-order valence-corrected chi connectivity index (χ3v) is 2.92. The van der Waals surface area contributed by atoms with E-state index in [1.54, 1.807) is 35.4 Å². The average Bonchev–Trinajstić information content (AvgIpc) is 2.89. The number of anilines is 1. The second-order valence-corrected chi connectivity index (χ2v) is 4.10. The summed E-state index contributed by atoms with van der Waals surface area (Å²) in [5.74, 6) is -0.555. The first-order chi connectivity index (χ1) is 9.16. The fraction of sp³-hybridized carbons (Fsp3) is 0. The van der Waals surface area contributed by atoms with Crippen LogP contribution in [-0.4, -0.2) is 20.7 Å². The summed E-state index contributed by atoms with van der Waals surface area (Å²) in [4.78, 5) is 15.1. The second kappa shape index (κ2) is 4.09. The number of carbonyl (C=O) groups is 1. The molecule has 94 valence electrons. The van der Waals surface area contributed by atoms with Gasteiger partial charge >= 0.3 is 0 Å². The van der Waals surface area contributed by atoms with E-state index in [1.165, 1.54) is 0 Å². The standard InChI is InChI=1S/C13H11N5O/c14-10-1-2-12(8-3-5-16-7-9(8)10)18-6-4-11(17-18)13(15)19/h1-7H,14H2,(H2,15,19). The van der Waals surface area contributed by atoms with E-state index in [2.05, 4.69) is 10.1 Å². The zero-order valence-corrected chi connectivity index (χ0v) is 9.95. The summed E-state index contributed by atoms with van der Waals surface area (Å²) < 4.78 is 1.60. The van der Waals surface area contributed by atoms with Gasteiger partial charge in [0.1, 0.15) is 5.69 Å². The van der Waals surface area contributed by atoms with Crippen molar-refractivity contribution in [3.05, 3.63) is 48.5 Å².